The van der Waals surface area contributed by atoms with Crippen LogP contribution in [0.4, 0.5) is 11.6 Å². The average Bonchev–Trinajstić information content (AvgIpc) is 3.27. The van der Waals surface area contributed by atoms with Crippen molar-refractivity contribution in [3.63, 3.8) is 0 Å². The zero-order valence-corrected chi connectivity index (χ0v) is 23.0. The van der Waals surface area contributed by atoms with E-state index in [9.17, 15) is 13.2 Å². The van der Waals surface area contributed by atoms with Gasteiger partial charge in [0.1, 0.15) is 5.52 Å². The largest absolute Gasteiger partial charge is 0.341 e. The summed E-state index contributed by atoms with van der Waals surface area (Å²) in [4.78, 5) is 20.5. The zero-order valence-electron chi connectivity index (χ0n) is 22.2. The summed E-state index contributed by atoms with van der Waals surface area (Å²) in [5.74, 6) is 0.681. The number of benzene rings is 1. The molecule has 3 aromatic rings. The number of para-hydroxylation sites is 1. The first-order valence-electron chi connectivity index (χ1n) is 12.7. The number of fused-ring (bicyclic) bond motifs is 2. The molecule has 2 aromatic heterocycles. The van der Waals surface area contributed by atoms with E-state index >= 15 is 0 Å². The molecular formula is C26H34N8O3S. The number of anilines is 2. The molecule has 11 nitrogen and oxygen atoms in total. The third kappa shape index (κ3) is 4.37. The molecule has 1 aromatic carbocycles. The van der Waals surface area contributed by atoms with E-state index in [1.54, 1.807) is 19.2 Å². The monoisotopic (exact) mass is 538 g/mol. The SMILES string of the molecule is CC(C)=CCn1c(N2CCCC(N)C2)nc2c1c(=N)n(CC1=CS(=O)(=O)N(C)c3ccccc31)c(=O)n2C. The number of imidazole rings is 1. The van der Waals surface area contributed by atoms with Crippen LogP contribution in [0.2, 0.25) is 0 Å². The number of aromatic nitrogens is 4. The van der Waals surface area contributed by atoms with Crippen LogP contribution in [0.15, 0.2) is 46.1 Å². The number of hydrogen-bond acceptors (Lipinski definition) is 7. The Kier molecular flexibility index (Phi) is 6.56. The van der Waals surface area contributed by atoms with Crippen molar-refractivity contribution in [1.29, 1.82) is 5.41 Å². The fraction of sp³-hybridized carbons (Fsp3) is 0.423. The minimum atomic E-state index is -3.72. The molecule has 0 bridgehead atoms. The van der Waals surface area contributed by atoms with Crippen molar-refractivity contribution in [3.8, 4) is 0 Å². The lowest BCUT2D eigenvalue weighted by Gasteiger charge is -2.31. The molecule has 1 unspecified atom stereocenters. The minimum Gasteiger partial charge on any atom is -0.341 e. The number of piperidine rings is 1. The maximum atomic E-state index is 13.6. The Labute approximate surface area is 221 Å². The molecule has 0 spiro atoms. The van der Waals surface area contributed by atoms with Gasteiger partial charge in [0.2, 0.25) is 5.95 Å². The molecule has 2 aliphatic rings. The van der Waals surface area contributed by atoms with E-state index in [0.29, 0.717) is 47.0 Å². The number of sulfonamides is 1. The Morgan fingerprint density at radius 2 is 1.95 bits per heavy atom. The van der Waals surface area contributed by atoms with Gasteiger partial charge < -0.3 is 15.2 Å². The van der Waals surface area contributed by atoms with Crippen LogP contribution in [0.3, 0.4) is 0 Å². The molecule has 38 heavy (non-hydrogen) atoms. The van der Waals surface area contributed by atoms with Gasteiger partial charge in [-0.25, -0.2) is 13.2 Å². The fourth-order valence-corrected chi connectivity index (χ4v) is 6.34. The quantitative estimate of drug-likeness (QED) is 0.475. The lowest BCUT2D eigenvalue weighted by molar-refractivity contribution is 0.495. The summed E-state index contributed by atoms with van der Waals surface area (Å²) in [6.07, 6.45) is 3.95. The number of nitrogens with one attached hydrogen (secondary N) is 1. The molecule has 0 radical (unpaired) electrons. The van der Waals surface area contributed by atoms with E-state index < -0.39 is 15.7 Å². The Hall–Kier alpha value is -3.64. The first-order valence-corrected chi connectivity index (χ1v) is 14.2. The van der Waals surface area contributed by atoms with E-state index in [1.807, 2.05) is 30.5 Å². The summed E-state index contributed by atoms with van der Waals surface area (Å²) in [7, 11) is -0.578. The van der Waals surface area contributed by atoms with E-state index in [0.717, 1.165) is 25.0 Å². The molecule has 12 heteroatoms. The van der Waals surface area contributed by atoms with E-state index in [-0.39, 0.29) is 18.1 Å². The molecule has 0 aliphatic carbocycles. The maximum Gasteiger partial charge on any atom is 0.331 e. The highest BCUT2D eigenvalue weighted by atomic mass is 32.2. The number of nitrogens with zero attached hydrogens (tertiary/aromatic N) is 6. The van der Waals surface area contributed by atoms with Crippen LogP contribution in [0.5, 0.6) is 0 Å². The Bertz CT molecular complexity index is 1710. The van der Waals surface area contributed by atoms with Crippen molar-refractivity contribution in [1.82, 2.24) is 18.7 Å². The van der Waals surface area contributed by atoms with Crippen molar-refractivity contribution < 1.29 is 8.42 Å². The summed E-state index contributed by atoms with van der Waals surface area (Å²) in [5, 5.41) is 10.3. The van der Waals surface area contributed by atoms with E-state index in [4.69, 9.17) is 16.1 Å². The van der Waals surface area contributed by atoms with E-state index in [1.165, 1.54) is 25.9 Å². The second-order valence-electron chi connectivity index (χ2n) is 10.3. The fourth-order valence-electron chi connectivity index (χ4n) is 5.19. The predicted molar refractivity (Wildman–Crippen MR) is 149 cm³/mol. The third-order valence-corrected chi connectivity index (χ3v) is 8.81. The van der Waals surface area contributed by atoms with Crippen LogP contribution in [0.1, 0.15) is 32.3 Å². The number of aryl methyl sites for hydroxylation is 1. The highest BCUT2D eigenvalue weighted by molar-refractivity contribution is 7.95. The third-order valence-electron chi connectivity index (χ3n) is 7.27. The van der Waals surface area contributed by atoms with Gasteiger partial charge in [-0.3, -0.25) is 18.8 Å². The molecule has 1 atom stereocenters. The van der Waals surface area contributed by atoms with Crippen LogP contribution in [0.25, 0.3) is 16.7 Å². The van der Waals surface area contributed by atoms with Gasteiger partial charge in [0.15, 0.2) is 11.1 Å². The second-order valence-corrected chi connectivity index (χ2v) is 12.1. The van der Waals surface area contributed by atoms with Gasteiger partial charge in [-0.1, -0.05) is 29.8 Å². The normalized spacial score (nSPS) is 18.9. The first kappa shape index (κ1) is 26.0. The van der Waals surface area contributed by atoms with Crippen molar-refractivity contribution in [2.75, 3.05) is 29.3 Å². The predicted octanol–water partition coefficient (Wildman–Crippen LogP) is 1.73. The van der Waals surface area contributed by atoms with Crippen LogP contribution < -0.4 is 26.1 Å². The summed E-state index contributed by atoms with van der Waals surface area (Å²) >= 11 is 0. The van der Waals surface area contributed by atoms with Gasteiger partial charge in [0.05, 0.1) is 17.6 Å². The van der Waals surface area contributed by atoms with Gasteiger partial charge in [-0.15, -0.1) is 0 Å². The molecular weight excluding hydrogens is 504 g/mol. The van der Waals surface area contributed by atoms with Crippen molar-refractivity contribution in [2.24, 2.45) is 12.8 Å². The Morgan fingerprint density at radius 3 is 2.66 bits per heavy atom. The van der Waals surface area contributed by atoms with Gasteiger partial charge in [0.25, 0.3) is 10.0 Å². The average molecular weight is 539 g/mol. The molecule has 1 saturated heterocycles. The molecule has 2 aliphatic heterocycles. The Balaban J connectivity index is 1.71. The number of allylic oxidation sites excluding steroid dienone is 3. The molecule has 3 N–H and O–H groups in total. The van der Waals surface area contributed by atoms with Crippen LogP contribution in [-0.4, -0.2) is 53.3 Å². The standard InChI is InChI=1S/C26H34N8O3S/c1-17(2)11-13-33-22-23(28)34(14-18-16-38(36,37)31(4)21-10-6-5-9-20(18)21)26(35)30(3)24(22)29-25(33)32-12-7-8-19(27)15-32/h5-6,9-11,16,19,28H,7-8,12-15,27H2,1-4H3. The molecule has 5 rings (SSSR count). The van der Waals surface area contributed by atoms with Crippen molar-refractivity contribution in [2.45, 2.75) is 45.8 Å². The van der Waals surface area contributed by atoms with Gasteiger partial charge >= 0.3 is 5.69 Å². The molecule has 4 heterocycles. The zero-order chi connectivity index (χ0) is 27.4. The maximum absolute atomic E-state index is 13.6. The number of rotatable bonds is 5. The summed E-state index contributed by atoms with van der Waals surface area (Å²) < 4.78 is 31.7. The molecule has 0 saturated carbocycles. The van der Waals surface area contributed by atoms with Crippen molar-refractivity contribution in [3.05, 3.63) is 62.9 Å². The minimum absolute atomic E-state index is 0.0139. The topological polar surface area (TPSA) is 135 Å². The van der Waals surface area contributed by atoms with Crippen LogP contribution >= 0.6 is 0 Å². The van der Waals surface area contributed by atoms with Gasteiger partial charge in [0, 0.05) is 45.3 Å². The summed E-state index contributed by atoms with van der Waals surface area (Å²) in [6, 6.07) is 7.20. The van der Waals surface area contributed by atoms with Crippen molar-refractivity contribution >= 4 is 38.4 Å². The number of hydrogen-bond donors (Lipinski definition) is 2. The first-order chi connectivity index (χ1) is 18.0. The Morgan fingerprint density at radius 1 is 1.21 bits per heavy atom. The smallest absolute Gasteiger partial charge is 0.331 e. The second kappa shape index (κ2) is 9.59. The summed E-state index contributed by atoms with van der Waals surface area (Å²) in [6.45, 7) is 5.88. The highest BCUT2D eigenvalue weighted by Crippen LogP contribution is 2.34. The molecule has 202 valence electrons. The molecule has 1 fully saturated rings. The number of nitrogens with two attached hydrogens (primary N) is 1. The summed E-state index contributed by atoms with van der Waals surface area (Å²) in [5.41, 5.74) is 9.56. The lowest BCUT2D eigenvalue weighted by Crippen LogP contribution is -2.44. The van der Waals surface area contributed by atoms with Crippen LogP contribution in [-0.2, 0) is 30.2 Å². The molecule has 0 amide bonds. The highest BCUT2D eigenvalue weighted by Gasteiger charge is 2.29. The lowest BCUT2D eigenvalue weighted by atomic mass is 10.0. The van der Waals surface area contributed by atoms with E-state index in [2.05, 4.69) is 11.0 Å². The van der Waals surface area contributed by atoms with Gasteiger partial charge in [-0.2, -0.15) is 4.98 Å². The van der Waals surface area contributed by atoms with Gasteiger partial charge in [-0.05, 0) is 38.3 Å². The van der Waals surface area contributed by atoms with Crippen LogP contribution in [0, 0.1) is 5.41 Å².